The van der Waals surface area contributed by atoms with Crippen molar-refractivity contribution in [3.05, 3.63) is 73.3 Å². The highest BCUT2D eigenvalue weighted by Crippen LogP contribution is 2.45. The Balaban J connectivity index is 2.19. The number of benzene rings is 2. The van der Waals surface area contributed by atoms with Gasteiger partial charge in [0.05, 0.1) is 0 Å². The Morgan fingerprint density at radius 3 is 1.92 bits per heavy atom. The summed E-state index contributed by atoms with van der Waals surface area (Å²) in [6.07, 6.45) is 6.03. The zero-order valence-electron chi connectivity index (χ0n) is 14.9. The molecule has 0 amide bonds. The molecule has 1 nitrogen and oxygen atoms in total. The zero-order chi connectivity index (χ0) is 17.4. The highest BCUT2D eigenvalue weighted by molar-refractivity contribution is 7.78. The molecule has 0 aromatic heterocycles. The van der Waals surface area contributed by atoms with E-state index in [2.05, 4.69) is 26.5 Å². The van der Waals surface area contributed by atoms with E-state index in [1.807, 2.05) is 60.7 Å². The minimum Gasteiger partial charge on any atom is -0.314 e. The molecule has 128 valence electrons. The first kappa shape index (κ1) is 18.7. The lowest BCUT2D eigenvalue weighted by atomic mass is 9.92. The van der Waals surface area contributed by atoms with E-state index in [-0.39, 0.29) is 0 Å². The maximum atomic E-state index is 13.9. The summed E-state index contributed by atoms with van der Waals surface area (Å²) in [6, 6.07) is 20.0. The van der Waals surface area contributed by atoms with Gasteiger partial charge >= 0.3 is 0 Å². The van der Waals surface area contributed by atoms with Crippen molar-refractivity contribution in [2.45, 2.75) is 33.1 Å². The Morgan fingerprint density at radius 1 is 1.00 bits per heavy atom. The van der Waals surface area contributed by atoms with Crippen LogP contribution in [0.15, 0.2) is 73.3 Å². The van der Waals surface area contributed by atoms with Gasteiger partial charge in [0.1, 0.15) is 7.14 Å². The van der Waals surface area contributed by atoms with Gasteiger partial charge in [-0.15, -0.1) is 6.58 Å². The van der Waals surface area contributed by atoms with E-state index in [0.29, 0.717) is 11.8 Å². The van der Waals surface area contributed by atoms with Crippen LogP contribution in [0.5, 0.6) is 0 Å². The highest BCUT2D eigenvalue weighted by Gasteiger charge is 2.27. The van der Waals surface area contributed by atoms with E-state index in [9.17, 15) is 4.57 Å². The molecule has 0 bridgehead atoms. The Labute approximate surface area is 147 Å². The molecular formula is C22H29OP. The van der Waals surface area contributed by atoms with Gasteiger partial charge < -0.3 is 4.57 Å². The lowest BCUT2D eigenvalue weighted by Crippen LogP contribution is -2.19. The molecule has 2 aromatic rings. The normalized spacial score (nSPS) is 14.1. The second kappa shape index (κ2) is 9.04. The topological polar surface area (TPSA) is 17.1 Å². The second-order valence-corrected chi connectivity index (χ2v) is 9.63. The van der Waals surface area contributed by atoms with E-state index < -0.39 is 7.14 Å². The van der Waals surface area contributed by atoms with E-state index >= 15 is 0 Å². The smallest absolute Gasteiger partial charge is 0.143 e. The summed E-state index contributed by atoms with van der Waals surface area (Å²) >= 11 is 0. The minimum atomic E-state index is -2.56. The molecule has 0 fully saturated rings. The quantitative estimate of drug-likeness (QED) is 0.427. The van der Waals surface area contributed by atoms with Crippen molar-refractivity contribution in [1.82, 2.24) is 0 Å². The van der Waals surface area contributed by atoms with Crippen LogP contribution in [-0.2, 0) is 4.57 Å². The van der Waals surface area contributed by atoms with Gasteiger partial charge in [-0.1, -0.05) is 80.6 Å². The maximum absolute atomic E-state index is 13.9. The minimum absolute atomic E-state index is 0.550. The number of allylic oxidation sites excluding steroid dienone is 1. The van der Waals surface area contributed by atoms with E-state index in [1.54, 1.807) is 0 Å². The monoisotopic (exact) mass is 340 g/mol. The molecule has 2 rings (SSSR count). The van der Waals surface area contributed by atoms with Gasteiger partial charge in [-0.05, 0) is 31.1 Å². The first-order valence-electron chi connectivity index (χ1n) is 8.93. The predicted molar refractivity (Wildman–Crippen MR) is 107 cm³/mol. The molecule has 2 atom stereocenters. The molecule has 0 heterocycles. The Kier molecular flexibility index (Phi) is 7.06. The van der Waals surface area contributed by atoms with Crippen LogP contribution in [0.4, 0.5) is 0 Å². The fourth-order valence-corrected chi connectivity index (χ4v) is 6.14. The SMILES string of the molecule is C=CC(CC)CC(C)CCP(=O)(c1ccccc1)c1ccccc1. The fourth-order valence-electron chi connectivity index (χ4n) is 3.21. The summed E-state index contributed by atoms with van der Waals surface area (Å²) in [5.41, 5.74) is 0. The predicted octanol–water partition coefficient (Wildman–Crippen LogP) is 5.63. The molecule has 0 spiro atoms. The van der Waals surface area contributed by atoms with Crippen molar-refractivity contribution >= 4 is 17.8 Å². The van der Waals surface area contributed by atoms with Gasteiger partial charge in [0.15, 0.2) is 0 Å². The van der Waals surface area contributed by atoms with Gasteiger partial charge in [-0.2, -0.15) is 0 Å². The van der Waals surface area contributed by atoms with Crippen molar-refractivity contribution in [1.29, 1.82) is 0 Å². The van der Waals surface area contributed by atoms with Crippen LogP contribution in [0.3, 0.4) is 0 Å². The third-order valence-corrected chi connectivity index (χ3v) is 8.00. The van der Waals surface area contributed by atoms with Crippen LogP contribution in [0, 0.1) is 11.8 Å². The molecule has 0 aliphatic heterocycles. The first-order valence-corrected chi connectivity index (χ1v) is 10.8. The Morgan fingerprint density at radius 2 is 1.50 bits per heavy atom. The van der Waals surface area contributed by atoms with E-state index in [4.69, 9.17) is 0 Å². The average molecular weight is 340 g/mol. The molecule has 2 heteroatoms. The molecule has 0 radical (unpaired) electrons. The lowest BCUT2D eigenvalue weighted by molar-refractivity contribution is 0.427. The molecule has 0 saturated carbocycles. The highest BCUT2D eigenvalue weighted by atomic mass is 31.2. The van der Waals surface area contributed by atoms with Crippen molar-refractivity contribution in [3.8, 4) is 0 Å². The van der Waals surface area contributed by atoms with Gasteiger partial charge in [-0.3, -0.25) is 0 Å². The fraction of sp³-hybridized carbons (Fsp3) is 0.364. The maximum Gasteiger partial charge on any atom is 0.143 e. The summed E-state index contributed by atoms with van der Waals surface area (Å²) in [7, 11) is -2.56. The van der Waals surface area contributed by atoms with Crippen LogP contribution in [0.2, 0.25) is 0 Å². The van der Waals surface area contributed by atoms with Crippen LogP contribution in [0.25, 0.3) is 0 Å². The molecule has 0 aliphatic rings. The van der Waals surface area contributed by atoms with E-state index in [1.165, 1.54) is 0 Å². The summed E-state index contributed by atoms with van der Waals surface area (Å²) < 4.78 is 13.9. The third kappa shape index (κ3) is 4.71. The summed E-state index contributed by atoms with van der Waals surface area (Å²) in [5.74, 6) is 1.11. The second-order valence-electron chi connectivity index (χ2n) is 6.67. The van der Waals surface area contributed by atoms with Crippen molar-refractivity contribution < 1.29 is 4.57 Å². The molecular weight excluding hydrogens is 311 g/mol. The number of hydrogen-bond donors (Lipinski definition) is 0. The molecule has 2 unspecified atom stereocenters. The lowest BCUT2D eigenvalue weighted by Gasteiger charge is -2.22. The van der Waals surface area contributed by atoms with E-state index in [0.717, 1.165) is 36.0 Å². The van der Waals surface area contributed by atoms with Crippen LogP contribution >= 0.6 is 7.14 Å². The van der Waals surface area contributed by atoms with Crippen molar-refractivity contribution in [2.24, 2.45) is 11.8 Å². The summed E-state index contributed by atoms with van der Waals surface area (Å²) in [5, 5.41) is 1.94. The standard InChI is InChI=1S/C22H29OP/c1-4-20(5-2)18-19(3)16-17-24(23,21-12-8-6-9-13-21)22-14-10-7-11-15-22/h4,6-15,19-20H,1,5,16-18H2,2-3H3. The average Bonchev–Trinajstić information content (AvgIpc) is 2.65. The largest absolute Gasteiger partial charge is 0.314 e. The molecule has 24 heavy (non-hydrogen) atoms. The van der Waals surface area contributed by atoms with Crippen molar-refractivity contribution in [2.75, 3.05) is 6.16 Å². The Bertz CT molecular complexity index is 619. The van der Waals surface area contributed by atoms with Gasteiger partial charge in [0, 0.05) is 16.8 Å². The summed E-state index contributed by atoms with van der Waals surface area (Å²) in [6.45, 7) is 8.41. The Hall–Kier alpha value is -1.59. The molecule has 0 aliphatic carbocycles. The zero-order valence-corrected chi connectivity index (χ0v) is 15.8. The third-order valence-electron chi connectivity index (χ3n) is 4.85. The van der Waals surface area contributed by atoms with Crippen LogP contribution < -0.4 is 10.6 Å². The first-order chi connectivity index (χ1) is 11.6. The molecule has 0 saturated heterocycles. The van der Waals surface area contributed by atoms with Gasteiger partial charge in [-0.25, -0.2) is 0 Å². The summed E-state index contributed by atoms with van der Waals surface area (Å²) in [4.78, 5) is 0. The molecule has 0 N–H and O–H groups in total. The van der Waals surface area contributed by atoms with Crippen LogP contribution in [0.1, 0.15) is 33.1 Å². The number of hydrogen-bond acceptors (Lipinski definition) is 1. The van der Waals surface area contributed by atoms with Crippen LogP contribution in [-0.4, -0.2) is 6.16 Å². The molecule has 2 aromatic carbocycles. The van der Waals surface area contributed by atoms with Gasteiger partial charge in [0.2, 0.25) is 0 Å². The number of rotatable bonds is 9. The van der Waals surface area contributed by atoms with Gasteiger partial charge in [0.25, 0.3) is 0 Å². The van der Waals surface area contributed by atoms with Crippen molar-refractivity contribution in [3.63, 3.8) is 0 Å².